The second-order valence-electron chi connectivity index (χ2n) is 15.6. The second-order valence-corrected chi connectivity index (χ2v) is 17.6. The van der Waals surface area contributed by atoms with Crippen LogP contribution in [0.5, 0.6) is 11.6 Å². The van der Waals surface area contributed by atoms with E-state index in [0.717, 1.165) is 6.07 Å². The van der Waals surface area contributed by atoms with E-state index in [1.165, 1.54) is 35.4 Å². The number of alkyl carbamates (subject to hydrolysis) is 1. The highest BCUT2D eigenvalue weighted by Crippen LogP contribution is 2.46. The molecule has 1 aliphatic heterocycles. The summed E-state index contributed by atoms with van der Waals surface area (Å²) in [5.41, 5.74) is -3.46. The van der Waals surface area contributed by atoms with Crippen LogP contribution in [0.3, 0.4) is 0 Å². The number of carbonyl (C=O) groups excluding carboxylic acids is 4. The first-order valence-electron chi connectivity index (χ1n) is 17.0. The van der Waals surface area contributed by atoms with Crippen LogP contribution in [0.2, 0.25) is 0 Å². The fourth-order valence-corrected chi connectivity index (χ4v) is 7.61. The number of amides is 4. The third kappa shape index (κ3) is 9.13. The predicted octanol–water partition coefficient (Wildman–Crippen LogP) is 4.09. The summed E-state index contributed by atoms with van der Waals surface area (Å²) in [6, 6.07) is 2.72. The number of fused-ring (bicyclic) bond motifs is 1. The molecule has 2 aromatic rings. The van der Waals surface area contributed by atoms with Crippen molar-refractivity contribution < 1.29 is 55.0 Å². The molecule has 3 aliphatic rings. The first-order valence-corrected chi connectivity index (χ1v) is 18.6. The lowest BCUT2D eigenvalue weighted by Crippen LogP contribution is -2.60. The maximum atomic E-state index is 14.4. The van der Waals surface area contributed by atoms with Crippen molar-refractivity contribution in [2.75, 3.05) is 6.54 Å². The van der Waals surface area contributed by atoms with E-state index >= 15 is 0 Å². The van der Waals surface area contributed by atoms with Crippen molar-refractivity contribution in [3.05, 3.63) is 43.1 Å². The van der Waals surface area contributed by atoms with Crippen molar-refractivity contribution in [1.29, 1.82) is 0 Å². The van der Waals surface area contributed by atoms with Gasteiger partial charge in [0, 0.05) is 29.3 Å². The number of ether oxygens (including phenoxy) is 3. The minimum Gasteiger partial charge on any atom is -0.472 e. The third-order valence-corrected chi connectivity index (χ3v) is 10.9. The Labute approximate surface area is 305 Å². The lowest BCUT2D eigenvalue weighted by atomic mass is 9.85. The van der Waals surface area contributed by atoms with Gasteiger partial charge >= 0.3 is 12.5 Å². The molecular weight excluding hydrogens is 723 g/mol. The average molecular weight is 768 g/mol. The van der Waals surface area contributed by atoms with Crippen molar-refractivity contribution in [2.45, 2.75) is 108 Å². The van der Waals surface area contributed by atoms with Gasteiger partial charge in [-0.1, -0.05) is 32.9 Å². The molecule has 1 aromatic heterocycles. The molecule has 0 spiro atoms. The third-order valence-electron chi connectivity index (χ3n) is 9.10. The Balaban J connectivity index is 1.46. The molecule has 1 saturated heterocycles. The summed E-state index contributed by atoms with van der Waals surface area (Å²) in [5, 5.41) is 4.80. The summed E-state index contributed by atoms with van der Waals surface area (Å²) < 4.78 is 82.6. The molecule has 4 amide bonds. The minimum atomic E-state index is -4.97. The van der Waals surface area contributed by atoms with E-state index in [2.05, 4.69) is 31.7 Å². The SMILES string of the molecule is C=CC1C[C@]1(NC(=O)[C@@H]1C[C@@H](Oc2nccc3c(OC(F)(F)F)cccc23)CN1C(=O)[C@@H](NC(=O)OC(C)(C)C)C(C)(C)C)C(=O)NS(=O)(=O)C1CC1. The number of hydrogen-bond donors (Lipinski definition) is 3. The number of benzene rings is 1. The average Bonchev–Trinajstić information content (AvgIpc) is 3.95. The van der Waals surface area contributed by atoms with Crippen LogP contribution in [0, 0.1) is 11.3 Å². The summed E-state index contributed by atoms with van der Waals surface area (Å²) in [6.45, 7) is 13.5. The Morgan fingerprint density at radius 1 is 1.06 bits per heavy atom. The van der Waals surface area contributed by atoms with Gasteiger partial charge in [-0.2, -0.15) is 0 Å². The van der Waals surface area contributed by atoms with Crippen LogP contribution < -0.4 is 24.8 Å². The molecule has 290 valence electrons. The number of pyridine rings is 1. The van der Waals surface area contributed by atoms with Crippen LogP contribution in [0.4, 0.5) is 18.0 Å². The topological polar surface area (TPSA) is 182 Å². The number of sulfonamides is 1. The number of halogens is 3. The zero-order valence-corrected chi connectivity index (χ0v) is 31.0. The number of rotatable bonds is 11. The Hall–Kier alpha value is -4.61. The van der Waals surface area contributed by atoms with Gasteiger partial charge in [0.25, 0.3) is 5.91 Å². The number of nitrogens with one attached hydrogen (secondary N) is 3. The molecule has 1 aromatic carbocycles. The van der Waals surface area contributed by atoms with Gasteiger partial charge in [0.15, 0.2) is 0 Å². The van der Waals surface area contributed by atoms with Gasteiger partial charge in [0.1, 0.15) is 35.1 Å². The molecular formula is C35H44F3N5O9S. The monoisotopic (exact) mass is 767 g/mol. The molecule has 18 heteroatoms. The van der Waals surface area contributed by atoms with E-state index in [4.69, 9.17) is 9.47 Å². The molecule has 5 atom stereocenters. The van der Waals surface area contributed by atoms with Crippen LogP contribution in [0.25, 0.3) is 10.8 Å². The molecule has 3 fully saturated rings. The molecule has 3 N–H and O–H groups in total. The summed E-state index contributed by atoms with van der Waals surface area (Å²) >= 11 is 0. The van der Waals surface area contributed by atoms with Gasteiger partial charge in [-0.25, -0.2) is 18.2 Å². The summed E-state index contributed by atoms with van der Waals surface area (Å²) in [6.07, 6.45) is -3.46. The fourth-order valence-electron chi connectivity index (χ4n) is 6.25. The summed E-state index contributed by atoms with van der Waals surface area (Å²) in [4.78, 5) is 60.3. The van der Waals surface area contributed by atoms with Crippen LogP contribution in [-0.2, 0) is 29.1 Å². The van der Waals surface area contributed by atoms with Crippen molar-refractivity contribution in [3.63, 3.8) is 0 Å². The van der Waals surface area contributed by atoms with Crippen LogP contribution in [0.1, 0.15) is 67.2 Å². The maximum Gasteiger partial charge on any atom is 0.573 e. The Morgan fingerprint density at radius 3 is 2.30 bits per heavy atom. The highest BCUT2D eigenvalue weighted by molar-refractivity contribution is 7.91. The molecule has 1 unspecified atom stereocenters. The predicted molar refractivity (Wildman–Crippen MR) is 185 cm³/mol. The molecule has 14 nitrogen and oxygen atoms in total. The molecule has 0 bridgehead atoms. The number of likely N-dealkylation sites (tertiary alicyclic amines) is 1. The van der Waals surface area contributed by atoms with Crippen molar-refractivity contribution in [2.24, 2.45) is 11.3 Å². The lowest BCUT2D eigenvalue weighted by molar-refractivity contribution is -0.274. The first-order chi connectivity index (χ1) is 24.4. The number of carbonyl (C=O) groups is 4. The van der Waals surface area contributed by atoms with E-state index in [-0.39, 0.29) is 36.0 Å². The smallest absolute Gasteiger partial charge is 0.472 e. The molecule has 2 aliphatic carbocycles. The van der Waals surface area contributed by atoms with E-state index in [1.807, 2.05) is 0 Å². The standard InChI is InChI=1S/C35H44F3N5O9S/c1-8-19-17-34(19,30(46)42-53(48,49)21-12-13-21)41-27(44)24-16-20(18-43(24)29(45)26(32(2,3)4)40-31(47)52-33(5,6)7)50-28-23-10-9-11-25(51-35(36,37)38)22(23)14-15-39-28/h8-11,14-15,19-21,24,26H,1,12-13,16-18H2,2-7H3,(H,40,47)(H,41,44)(H,42,46)/t19?,20-,24+,26-,34-/m1/s1. The first kappa shape index (κ1) is 39.6. The molecule has 2 heterocycles. The second kappa shape index (κ2) is 14.0. The Bertz CT molecular complexity index is 1910. The van der Waals surface area contributed by atoms with Crippen LogP contribution in [-0.4, -0.2) is 89.6 Å². The van der Waals surface area contributed by atoms with Crippen molar-refractivity contribution in [3.8, 4) is 11.6 Å². The fraction of sp³-hybridized carbons (Fsp3) is 0.571. The van der Waals surface area contributed by atoms with Crippen molar-refractivity contribution in [1.82, 2.24) is 25.2 Å². The zero-order valence-electron chi connectivity index (χ0n) is 30.2. The Morgan fingerprint density at radius 2 is 1.74 bits per heavy atom. The van der Waals surface area contributed by atoms with Gasteiger partial charge in [0.05, 0.1) is 11.8 Å². The molecule has 2 saturated carbocycles. The number of nitrogens with zero attached hydrogens (tertiary/aromatic N) is 2. The highest BCUT2D eigenvalue weighted by atomic mass is 32.2. The van der Waals surface area contributed by atoms with Crippen molar-refractivity contribution >= 4 is 44.6 Å². The summed E-state index contributed by atoms with van der Waals surface area (Å²) in [5.74, 6) is -3.61. The highest BCUT2D eigenvalue weighted by Gasteiger charge is 2.62. The van der Waals surface area contributed by atoms with Gasteiger partial charge in [-0.3, -0.25) is 19.1 Å². The Kier molecular flexibility index (Phi) is 10.4. The van der Waals surface area contributed by atoms with E-state index in [0.29, 0.717) is 12.8 Å². The minimum absolute atomic E-state index is 0.0442. The number of alkyl halides is 3. The van der Waals surface area contributed by atoms with Gasteiger partial charge in [0.2, 0.25) is 27.7 Å². The van der Waals surface area contributed by atoms with E-state index < -0.39 is 91.9 Å². The number of aromatic nitrogens is 1. The molecule has 53 heavy (non-hydrogen) atoms. The largest absolute Gasteiger partial charge is 0.573 e. The number of hydrogen-bond acceptors (Lipinski definition) is 10. The quantitative estimate of drug-likeness (QED) is 0.282. The van der Waals surface area contributed by atoms with Crippen LogP contribution >= 0.6 is 0 Å². The van der Waals surface area contributed by atoms with E-state index in [1.54, 1.807) is 41.5 Å². The van der Waals surface area contributed by atoms with Gasteiger partial charge in [-0.05, 0) is 63.6 Å². The lowest BCUT2D eigenvalue weighted by Gasteiger charge is -2.36. The molecule has 5 rings (SSSR count). The molecule has 0 radical (unpaired) electrons. The zero-order chi connectivity index (χ0) is 39.3. The van der Waals surface area contributed by atoms with Gasteiger partial charge in [-0.15, -0.1) is 19.8 Å². The van der Waals surface area contributed by atoms with E-state index in [9.17, 15) is 40.8 Å². The maximum absolute atomic E-state index is 14.4. The van der Waals surface area contributed by atoms with Crippen LogP contribution in [0.15, 0.2) is 43.1 Å². The van der Waals surface area contributed by atoms with Gasteiger partial charge < -0.3 is 29.7 Å². The normalized spacial score (nSPS) is 23.8. The summed E-state index contributed by atoms with van der Waals surface area (Å²) in [7, 11) is -3.97.